The van der Waals surface area contributed by atoms with Crippen LogP contribution in [-0.2, 0) is 9.53 Å². The Kier molecular flexibility index (Phi) is 3.88. The number of ether oxygens (including phenoxy) is 1. The Balaban J connectivity index is 2.56. The molecule has 0 bridgehead atoms. The summed E-state index contributed by atoms with van der Waals surface area (Å²) < 4.78 is 5.53. The second-order valence-electron chi connectivity index (χ2n) is 4.50. The molecule has 1 amide bonds. The van der Waals surface area contributed by atoms with E-state index in [0.29, 0.717) is 26.1 Å². The zero-order chi connectivity index (χ0) is 11.5. The smallest absolute Gasteiger partial charge is 0.239 e. The summed E-state index contributed by atoms with van der Waals surface area (Å²) in [5, 5.41) is 0. The first-order valence-corrected chi connectivity index (χ1v) is 5.25. The van der Waals surface area contributed by atoms with Crippen molar-refractivity contribution in [1.29, 1.82) is 0 Å². The Morgan fingerprint density at radius 2 is 2.40 bits per heavy atom. The average Bonchev–Trinajstić information content (AvgIpc) is 2.15. The number of hydrogen-bond acceptors (Lipinski definition) is 3. The van der Waals surface area contributed by atoms with Crippen LogP contribution in [0, 0.1) is 0 Å². The van der Waals surface area contributed by atoms with Gasteiger partial charge < -0.3 is 15.4 Å². The molecule has 1 atom stereocenters. The van der Waals surface area contributed by atoms with E-state index in [2.05, 4.69) is 6.58 Å². The molecule has 4 heteroatoms. The molecule has 1 saturated heterocycles. The zero-order valence-electron chi connectivity index (χ0n) is 9.53. The van der Waals surface area contributed by atoms with Gasteiger partial charge in [-0.05, 0) is 20.3 Å². The molecule has 4 nitrogen and oxygen atoms in total. The molecule has 15 heavy (non-hydrogen) atoms. The molecule has 0 saturated carbocycles. The Morgan fingerprint density at radius 3 is 2.93 bits per heavy atom. The van der Waals surface area contributed by atoms with Gasteiger partial charge in [0.1, 0.15) is 0 Å². The molecule has 1 unspecified atom stereocenters. The third-order valence-electron chi connectivity index (χ3n) is 2.48. The standard InChI is InChI=1S/C11H20N2O2/c1-4-5-9(12)10(14)13-6-7-15-11(2,3)8-13/h4,9H,1,5-8,12H2,2-3H3. The van der Waals surface area contributed by atoms with E-state index < -0.39 is 6.04 Å². The molecule has 0 aromatic carbocycles. The number of nitrogens with zero attached hydrogens (tertiary/aromatic N) is 1. The van der Waals surface area contributed by atoms with E-state index in [1.54, 1.807) is 11.0 Å². The maximum absolute atomic E-state index is 11.9. The summed E-state index contributed by atoms with van der Waals surface area (Å²) in [6, 6.07) is -0.462. The van der Waals surface area contributed by atoms with Gasteiger partial charge in [-0.15, -0.1) is 6.58 Å². The summed E-state index contributed by atoms with van der Waals surface area (Å²) in [6.45, 7) is 9.36. The Labute approximate surface area is 91.1 Å². The maximum atomic E-state index is 11.9. The predicted molar refractivity (Wildman–Crippen MR) is 59.4 cm³/mol. The van der Waals surface area contributed by atoms with Crippen LogP contribution in [-0.4, -0.2) is 42.1 Å². The molecule has 0 radical (unpaired) electrons. The van der Waals surface area contributed by atoms with Crippen LogP contribution in [0.5, 0.6) is 0 Å². The lowest BCUT2D eigenvalue weighted by atomic mass is 10.1. The van der Waals surface area contributed by atoms with Gasteiger partial charge in [0, 0.05) is 13.1 Å². The van der Waals surface area contributed by atoms with Crippen LogP contribution < -0.4 is 5.73 Å². The fourth-order valence-electron chi connectivity index (χ4n) is 1.72. The molecule has 1 heterocycles. The lowest BCUT2D eigenvalue weighted by Crippen LogP contribution is -2.54. The molecule has 1 aliphatic heterocycles. The number of rotatable bonds is 3. The first-order chi connectivity index (χ1) is 6.96. The van der Waals surface area contributed by atoms with E-state index in [-0.39, 0.29) is 11.5 Å². The second kappa shape index (κ2) is 4.77. The quantitative estimate of drug-likeness (QED) is 0.694. The number of carbonyl (C=O) groups excluding carboxylic acids is 1. The molecule has 1 fully saturated rings. The van der Waals surface area contributed by atoms with Crippen molar-refractivity contribution in [2.24, 2.45) is 5.73 Å². The summed E-state index contributed by atoms with van der Waals surface area (Å²) >= 11 is 0. The maximum Gasteiger partial charge on any atom is 0.239 e. The van der Waals surface area contributed by atoms with Crippen molar-refractivity contribution >= 4 is 5.91 Å². The van der Waals surface area contributed by atoms with E-state index in [1.807, 2.05) is 13.8 Å². The van der Waals surface area contributed by atoms with Gasteiger partial charge in [0.15, 0.2) is 0 Å². The fourth-order valence-corrected chi connectivity index (χ4v) is 1.72. The largest absolute Gasteiger partial charge is 0.372 e. The number of hydrogen-bond donors (Lipinski definition) is 1. The van der Waals surface area contributed by atoms with Crippen LogP contribution in [0.4, 0.5) is 0 Å². The predicted octanol–water partition coefficient (Wildman–Crippen LogP) is 0.527. The highest BCUT2D eigenvalue weighted by molar-refractivity contribution is 5.82. The minimum Gasteiger partial charge on any atom is -0.372 e. The first-order valence-electron chi connectivity index (χ1n) is 5.25. The van der Waals surface area contributed by atoms with E-state index >= 15 is 0 Å². The topological polar surface area (TPSA) is 55.6 Å². The summed E-state index contributed by atoms with van der Waals surface area (Å²) in [4.78, 5) is 13.6. The van der Waals surface area contributed by atoms with Crippen LogP contribution in [0.15, 0.2) is 12.7 Å². The van der Waals surface area contributed by atoms with Crippen molar-refractivity contribution in [1.82, 2.24) is 4.90 Å². The number of amides is 1. The van der Waals surface area contributed by atoms with Gasteiger partial charge in [0.05, 0.1) is 18.2 Å². The van der Waals surface area contributed by atoms with Crippen molar-refractivity contribution in [2.75, 3.05) is 19.7 Å². The van der Waals surface area contributed by atoms with Crippen molar-refractivity contribution in [3.05, 3.63) is 12.7 Å². The summed E-state index contributed by atoms with van der Waals surface area (Å²) in [5.74, 6) is -0.00808. The van der Waals surface area contributed by atoms with Crippen LogP contribution >= 0.6 is 0 Å². The normalized spacial score (nSPS) is 22.2. The summed E-state index contributed by atoms with van der Waals surface area (Å²) in [5.41, 5.74) is 5.48. The summed E-state index contributed by atoms with van der Waals surface area (Å²) in [6.07, 6.45) is 2.20. The molecule has 0 aliphatic carbocycles. The molecular formula is C11H20N2O2. The van der Waals surface area contributed by atoms with Gasteiger partial charge >= 0.3 is 0 Å². The second-order valence-corrected chi connectivity index (χ2v) is 4.50. The van der Waals surface area contributed by atoms with E-state index in [9.17, 15) is 4.79 Å². The number of carbonyl (C=O) groups is 1. The molecule has 1 rings (SSSR count). The molecule has 0 aromatic rings. The fraction of sp³-hybridized carbons (Fsp3) is 0.727. The molecule has 86 valence electrons. The van der Waals surface area contributed by atoms with Crippen molar-refractivity contribution in [3.63, 3.8) is 0 Å². The Bertz CT molecular complexity index is 251. The number of nitrogens with two attached hydrogens (primary N) is 1. The molecule has 0 spiro atoms. The molecular weight excluding hydrogens is 192 g/mol. The van der Waals surface area contributed by atoms with Crippen LogP contribution in [0.1, 0.15) is 20.3 Å². The lowest BCUT2D eigenvalue weighted by molar-refractivity contribution is -0.147. The summed E-state index contributed by atoms with van der Waals surface area (Å²) in [7, 11) is 0. The minimum atomic E-state index is -0.462. The van der Waals surface area contributed by atoms with Crippen molar-refractivity contribution in [3.8, 4) is 0 Å². The van der Waals surface area contributed by atoms with Gasteiger partial charge in [-0.1, -0.05) is 6.08 Å². The average molecular weight is 212 g/mol. The highest BCUT2D eigenvalue weighted by atomic mass is 16.5. The Morgan fingerprint density at radius 1 is 1.73 bits per heavy atom. The van der Waals surface area contributed by atoms with Crippen LogP contribution in [0.2, 0.25) is 0 Å². The zero-order valence-corrected chi connectivity index (χ0v) is 9.53. The van der Waals surface area contributed by atoms with E-state index in [0.717, 1.165) is 0 Å². The van der Waals surface area contributed by atoms with Gasteiger partial charge in [-0.3, -0.25) is 4.79 Å². The molecule has 0 aromatic heterocycles. The monoisotopic (exact) mass is 212 g/mol. The SMILES string of the molecule is C=CCC(N)C(=O)N1CCOC(C)(C)C1. The van der Waals surface area contributed by atoms with Gasteiger partial charge in [0.2, 0.25) is 5.91 Å². The molecule has 2 N–H and O–H groups in total. The Hall–Kier alpha value is -0.870. The third kappa shape index (κ3) is 3.32. The van der Waals surface area contributed by atoms with Crippen LogP contribution in [0.25, 0.3) is 0 Å². The van der Waals surface area contributed by atoms with Crippen LogP contribution in [0.3, 0.4) is 0 Å². The molecule has 1 aliphatic rings. The first kappa shape index (κ1) is 12.2. The minimum absolute atomic E-state index is 0.00808. The lowest BCUT2D eigenvalue weighted by Gasteiger charge is -2.39. The van der Waals surface area contributed by atoms with E-state index in [1.165, 1.54) is 0 Å². The van der Waals surface area contributed by atoms with Crippen molar-refractivity contribution < 1.29 is 9.53 Å². The number of morpholine rings is 1. The van der Waals surface area contributed by atoms with Crippen molar-refractivity contribution in [2.45, 2.75) is 31.9 Å². The van der Waals surface area contributed by atoms with Gasteiger partial charge in [0.25, 0.3) is 0 Å². The van der Waals surface area contributed by atoms with Gasteiger partial charge in [-0.25, -0.2) is 0 Å². The highest BCUT2D eigenvalue weighted by Gasteiger charge is 2.31. The van der Waals surface area contributed by atoms with Gasteiger partial charge in [-0.2, -0.15) is 0 Å². The third-order valence-corrected chi connectivity index (χ3v) is 2.48. The highest BCUT2D eigenvalue weighted by Crippen LogP contribution is 2.17. The van der Waals surface area contributed by atoms with E-state index in [4.69, 9.17) is 10.5 Å².